The molecule has 0 atom stereocenters. The van der Waals surface area contributed by atoms with Crippen LogP contribution >= 0.6 is 0 Å². The van der Waals surface area contributed by atoms with Crippen molar-refractivity contribution in [2.45, 2.75) is 142 Å². The lowest BCUT2D eigenvalue weighted by atomic mass is 9.68. The molecule has 3 heteroatoms. The Morgan fingerprint density at radius 1 is 0.605 bits per heavy atom. The van der Waals surface area contributed by atoms with E-state index in [0.717, 1.165) is 42.9 Å². The van der Waals surface area contributed by atoms with Crippen LogP contribution in [0.15, 0.2) is 12.1 Å². The zero-order chi connectivity index (χ0) is 26.7. The molecule has 3 aliphatic carbocycles. The summed E-state index contributed by atoms with van der Waals surface area (Å²) in [6.45, 7) is 5.06. The van der Waals surface area contributed by atoms with Crippen molar-refractivity contribution in [3.63, 3.8) is 0 Å². The van der Waals surface area contributed by atoms with Gasteiger partial charge >= 0.3 is 0 Å². The minimum atomic E-state index is -0.781. The highest BCUT2D eigenvalue weighted by Crippen LogP contribution is 2.43. The Morgan fingerprint density at radius 2 is 1.16 bits per heavy atom. The molecule has 0 spiro atoms. The van der Waals surface area contributed by atoms with Gasteiger partial charge < -0.3 is 4.74 Å². The third-order valence-corrected chi connectivity index (χ3v) is 10.8. The number of rotatable bonds is 13. The van der Waals surface area contributed by atoms with E-state index in [1.54, 1.807) is 12.1 Å². The minimum absolute atomic E-state index is 0.0996. The maximum absolute atomic E-state index is 14.9. The first-order chi connectivity index (χ1) is 18.6. The summed E-state index contributed by atoms with van der Waals surface area (Å²) in [4.78, 5) is 0. The zero-order valence-electron chi connectivity index (χ0n) is 24.6. The van der Waals surface area contributed by atoms with Gasteiger partial charge in [0.25, 0.3) is 0 Å². The monoisotopic (exact) mass is 530 g/mol. The van der Waals surface area contributed by atoms with Crippen LogP contribution in [-0.4, -0.2) is 6.61 Å². The summed E-state index contributed by atoms with van der Waals surface area (Å²) in [5.74, 6) is 3.47. The highest BCUT2D eigenvalue weighted by molar-refractivity contribution is 5.31. The molecule has 3 saturated carbocycles. The molecule has 3 fully saturated rings. The summed E-state index contributed by atoms with van der Waals surface area (Å²) in [6.07, 6.45) is 25.7. The second-order valence-electron chi connectivity index (χ2n) is 13.4. The Hall–Kier alpha value is -1.12. The van der Waals surface area contributed by atoms with Gasteiger partial charge in [0.1, 0.15) is 0 Å². The van der Waals surface area contributed by atoms with Crippen molar-refractivity contribution in [3.8, 4) is 5.75 Å². The molecule has 0 saturated heterocycles. The number of benzene rings is 1. The van der Waals surface area contributed by atoms with Gasteiger partial charge in [-0.25, -0.2) is 4.39 Å². The largest absolute Gasteiger partial charge is 0.490 e. The van der Waals surface area contributed by atoms with Gasteiger partial charge in [-0.2, -0.15) is 4.39 Å². The topological polar surface area (TPSA) is 9.23 Å². The van der Waals surface area contributed by atoms with E-state index >= 15 is 0 Å². The molecule has 0 radical (unpaired) electrons. The summed E-state index contributed by atoms with van der Waals surface area (Å²) in [5.41, 5.74) is 0.526. The van der Waals surface area contributed by atoms with Crippen molar-refractivity contribution in [2.24, 2.45) is 35.5 Å². The first-order valence-electron chi connectivity index (χ1n) is 16.7. The number of aryl methyl sites for hydroxylation is 1. The van der Waals surface area contributed by atoms with Crippen LogP contribution in [-0.2, 0) is 6.42 Å². The summed E-state index contributed by atoms with van der Waals surface area (Å²) in [5, 5.41) is 0. The van der Waals surface area contributed by atoms with Crippen LogP contribution in [0.2, 0.25) is 0 Å². The second-order valence-corrected chi connectivity index (χ2v) is 13.4. The van der Waals surface area contributed by atoms with Crippen molar-refractivity contribution in [1.29, 1.82) is 0 Å². The molecule has 0 unspecified atom stereocenters. The van der Waals surface area contributed by atoms with Gasteiger partial charge in [-0.15, -0.1) is 0 Å². The van der Waals surface area contributed by atoms with E-state index in [1.807, 2.05) is 0 Å². The van der Waals surface area contributed by atoms with Gasteiger partial charge in [-0.3, -0.25) is 0 Å². The Kier molecular flexibility index (Phi) is 12.3. The van der Waals surface area contributed by atoms with Gasteiger partial charge in [0.15, 0.2) is 11.6 Å². The molecule has 216 valence electrons. The molecule has 1 nitrogen and oxygen atoms in total. The Morgan fingerprint density at radius 3 is 1.76 bits per heavy atom. The van der Waals surface area contributed by atoms with E-state index in [1.165, 1.54) is 103 Å². The van der Waals surface area contributed by atoms with E-state index < -0.39 is 11.6 Å². The molecule has 0 amide bonds. The molecule has 0 aromatic heterocycles. The average molecular weight is 531 g/mol. The summed E-state index contributed by atoms with van der Waals surface area (Å²) in [7, 11) is 0. The predicted octanol–water partition coefficient (Wildman–Crippen LogP) is 11.1. The predicted molar refractivity (Wildman–Crippen MR) is 156 cm³/mol. The zero-order valence-corrected chi connectivity index (χ0v) is 24.6. The normalized spacial score (nSPS) is 30.3. The molecular formula is C35H56F2O. The summed E-state index contributed by atoms with van der Waals surface area (Å²) in [6, 6.07) is 3.45. The number of unbranched alkanes of at least 4 members (excludes halogenated alkanes) is 2. The van der Waals surface area contributed by atoms with E-state index in [0.29, 0.717) is 30.4 Å². The fourth-order valence-electron chi connectivity index (χ4n) is 8.12. The van der Waals surface area contributed by atoms with E-state index in [-0.39, 0.29) is 5.75 Å². The van der Waals surface area contributed by atoms with Crippen LogP contribution in [0.25, 0.3) is 0 Å². The summed E-state index contributed by atoms with van der Waals surface area (Å²) < 4.78 is 35.5. The Bertz CT molecular complexity index is 798. The van der Waals surface area contributed by atoms with Crippen LogP contribution in [0, 0.1) is 47.1 Å². The van der Waals surface area contributed by atoms with E-state index in [2.05, 4.69) is 13.8 Å². The summed E-state index contributed by atoms with van der Waals surface area (Å²) >= 11 is 0. The van der Waals surface area contributed by atoms with Crippen LogP contribution in [0.4, 0.5) is 8.78 Å². The lowest BCUT2D eigenvalue weighted by Gasteiger charge is -2.38. The van der Waals surface area contributed by atoms with Crippen LogP contribution < -0.4 is 4.74 Å². The molecule has 3 aliphatic rings. The lowest BCUT2D eigenvalue weighted by molar-refractivity contribution is 0.140. The minimum Gasteiger partial charge on any atom is -0.490 e. The van der Waals surface area contributed by atoms with E-state index in [9.17, 15) is 8.78 Å². The quantitative estimate of drug-likeness (QED) is 0.230. The van der Waals surface area contributed by atoms with Gasteiger partial charge in [0, 0.05) is 0 Å². The molecule has 0 bridgehead atoms. The van der Waals surface area contributed by atoms with Gasteiger partial charge in [-0.05, 0) is 98.5 Å². The molecule has 0 N–H and O–H groups in total. The Labute approximate surface area is 232 Å². The third-order valence-electron chi connectivity index (χ3n) is 10.8. The molecule has 1 aromatic rings. The highest BCUT2D eigenvalue weighted by atomic mass is 19.2. The highest BCUT2D eigenvalue weighted by Gasteiger charge is 2.31. The number of ether oxygens (including phenoxy) is 1. The SMILES string of the molecule is CCCCCC1CCC(C2CCC(CCc3ccc(OCC4CCC(CCC)CC4)c(F)c3F)CC2)CC1. The van der Waals surface area contributed by atoms with Crippen LogP contribution in [0.3, 0.4) is 0 Å². The fraction of sp³-hybridized carbons (Fsp3) is 0.829. The average Bonchev–Trinajstić information content (AvgIpc) is 2.95. The standard InChI is InChI=1S/C35H56F2O/c1-3-5-6-8-27-13-18-30(19-14-27)31-20-15-28(16-21-31)17-22-32-23-24-33(35(37)34(32)36)38-25-29-11-9-26(7-4-2)10-12-29/h23-24,26-31H,3-22,25H2,1-2H3. The Balaban J connectivity index is 1.14. The van der Waals surface area contributed by atoms with Gasteiger partial charge in [-0.1, -0.05) is 97.0 Å². The van der Waals surface area contributed by atoms with Crippen LogP contribution in [0.1, 0.15) is 141 Å². The molecule has 0 aliphatic heterocycles. The van der Waals surface area contributed by atoms with E-state index in [4.69, 9.17) is 4.74 Å². The molecule has 0 heterocycles. The smallest absolute Gasteiger partial charge is 0.200 e. The molecule has 4 rings (SSSR count). The van der Waals surface area contributed by atoms with Crippen molar-refractivity contribution in [1.82, 2.24) is 0 Å². The van der Waals surface area contributed by atoms with Crippen molar-refractivity contribution >= 4 is 0 Å². The number of hydrogen-bond donors (Lipinski definition) is 0. The number of halogens is 2. The maximum Gasteiger partial charge on any atom is 0.200 e. The fourth-order valence-corrected chi connectivity index (χ4v) is 8.12. The van der Waals surface area contributed by atoms with Crippen molar-refractivity contribution in [2.75, 3.05) is 6.61 Å². The second kappa shape index (κ2) is 15.6. The molecule has 1 aromatic carbocycles. The molecular weight excluding hydrogens is 474 g/mol. The van der Waals surface area contributed by atoms with Crippen molar-refractivity contribution in [3.05, 3.63) is 29.3 Å². The third kappa shape index (κ3) is 8.69. The van der Waals surface area contributed by atoms with Gasteiger partial charge in [0.05, 0.1) is 6.61 Å². The first-order valence-corrected chi connectivity index (χ1v) is 16.7. The van der Waals surface area contributed by atoms with Crippen LogP contribution in [0.5, 0.6) is 5.75 Å². The lowest BCUT2D eigenvalue weighted by Crippen LogP contribution is -2.26. The number of hydrogen-bond acceptors (Lipinski definition) is 1. The first kappa shape index (κ1) is 29.9. The van der Waals surface area contributed by atoms with Gasteiger partial charge in [0.2, 0.25) is 5.82 Å². The maximum atomic E-state index is 14.9. The molecule has 38 heavy (non-hydrogen) atoms. The van der Waals surface area contributed by atoms with Crippen molar-refractivity contribution < 1.29 is 13.5 Å².